The van der Waals surface area contributed by atoms with Crippen molar-refractivity contribution in [1.82, 2.24) is 0 Å². The molecule has 3 atom stereocenters. The smallest absolute Gasteiger partial charge is 0.0896 e. The van der Waals surface area contributed by atoms with Crippen molar-refractivity contribution in [2.24, 2.45) is 23.7 Å². The van der Waals surface area contributed by atoms with Gasteiger partial charge >= 0.3 is 0 Å². The second-order valence-corrected chi connectivity index (χ2v) is 7.22. The van der Waals surface area contributed by atoms with Gasteiger partial charge < -0.3 is 0 Å². The summed E-state index contributed by atoms with van der Waals surface area (Å²) in [5.41, 5.74) is 1.68. The lowest BCUT2D eigenvalue weighted by molar-refractivity contribution is 0.339. The third-order valence-corrected chi connectivity index (χ3v) is 4.74. The summed E-state index contributed by atoms with van der Waals surface area (Å²) in [5, 5.41) is 0. The summed E-state index contributed by atoms with van der Waals surface area (Å²) in [6.45, 7) is 16.6. The highest BCUT2D eigenvalue weighted by molar-refractivity contribution is 6.40. The van der Waals surface area contributed by atoms with E-state index in [1.165, 1.54) is 12.8 Å². The number of allylic oxidation sites excluding steroid dienone is 2. The molecule has 1 aliphatic rings. The lowest BCUT2D eigenvalue weighted by atomic mass is 9.46. The summed E-state index contributed by atoms with van der Waals surface area (Å²) in [6.07, 6.45) is 5.24. The maximum absolute atomic E-state index is 2.62. The Morgan fingerprint density at radius 1 is 1.06 bits per heavy atom. The van der Waals surface area contributed by atoms with Gasteiger partial charge in [-0.1, -0.05) is 65.9 Å². The first kappa shape index (κ1) is 15.9. The third kappa shape index (κ3) is 4.18. The van der Waals surface area contributed by atoms with Crippen LogP contribution in [0.5, 0.6) is 0 Å². The fraction of sp³-hybridized carbons (Fsp3) is 0.882. The van der Waals surface area contributed by atoms with Gasteiger partial charge in [-0.3, -0.25) is 0 Å². The molecule has 1 radical (unpaired) electrons. The molecule has 1 heteroatoms. The average Bonchev–Trinajstić information content (AvgIpc) is 2.21. The van der Waals surface area contributed by atoms with Gasteiger partial charge in [0, 0.05) is 0 Å². The van der Waals surface area contributed by atoms with Crippen molar-refractivity contribution in [2.45, 2.75) is 72.9 Å². The van der Waals surface area contributed by atoms with E-state index in [2.05, 4.69) is 61.8 Å². The molecule has 0 amide bonds. The molecule has 1 aliphatic heterocycles. The zero-order valence-electron chi connectivity index (χ0n) is 13.5. The van der Waals surface area contributed by atoms with E-state index in [-0.39, 0.29) is 0 Å². The summed E-state index contributed by atoms with van der Waals surface area (Å²) >= 11 is 0. The molecule has 0 aromatic heterocycles. The van der Waals surface area contributed by atoms with Gasteiger partial charge in [0.15, 0.2) is 0 Å². The van der Waals surface area contributed by atoms with Crippen molar-refractivity contribution in [3.05, 3.63) is 11.6 Å². The second-order valence-electron chi connectivity index (χ2n) is 7.22. The largest absolute Gasteiger partial charge is 0.123 e. The second kappa shape index (κ2) is 6.82. The molecule has 0 N–H and O–H groups in total. The van der Waals surface area contributed by atoms with Crippen LogP contribution in [0.25, 0.3) is 0 Å². The first-order valence-corrected chi connectivity index (χ1v) is 7.88. The summed E-state index contributed by atoms with van der Waals surface area (Å²) in [5.74, 6) is 4.51. The zero-order chi connectivity index (χ0) is 13.9. The third-order valence-electron chi connectivity index (χ3n) is 4.74. The molecule has 0 aromatic rings. The van der Waals surface area contributed by atoms with E-state index in [0.717, 1.165) is 23.6 Å². The van der Waals surface area contributed by atoms with Gasteiger partial charge in [0.1, 0.15) is 7.28 Å². The van der Waals surface area contributed by atoms with Crippen molar-refractivity contribution in [2.75, 3.05) is 0 Å². The molecule has 0 nitrogen and oxygen atoms in total. The summed E-state index contributed by atoms with van der Waals surface area (Å²) in [7, 11) is 2.62. The van der Waals surface area contributed by atoms with Crippen LogP contribution in [-0.2, 0) is 0 Å². The molecule has 1 heterocycles. The van der Waals surface area contributed by atoms with E-state index in [1.54, 1.807) is 5.57 Å². The standard InChI is InChI=1S/C17H32B/c1-11(2)15-8-9-16(12(3)4)14(7)18-17(10-15)13(5)6/h10-14,16-17H,8-9H2,1-7H3. The fourth-order valence-electron chi connectivity index (χ4n) is 3.31. The van der Waals surface area contributed by atoms with Crippen LogP contribution in [0.3, 0.4) is 0 Å². The Morgan fingerprint density at radius 3 is 2.11 bits per heavy atom. The average molecular weight is 247 g/mol. The van der Waals surface area contributed by atoms with E-state index in [4.69, 9.17) is 0 Å². The zero-order valence-corrected chi connectivity index (χ0v) is 13.5. The van der Waals surface area contributed by atoms with Gasteiger partial charge in [-0.25, -0.2) is 0 Å². The maximum atomic E-state index is 2.62. The van der Waals surface area contributed by atoms with Crippen molar-refractivity contribution in [3.63, 3.8) is 0 Å². The highest BCUT2D eigenvalue weighted by Gasteiger charge is 2.28. The molecule has 0 fully saturated rings. The van der Waals surface area contributed by atoms with Crippen LogP contribution in [-0.4, -0.2) is 7.28 Å². The van der Waals surface area contributed by atoms with Crippen molar-refractivity contribution >= 4 is 7.28 Å². The summed E-state index contributed by atoms with van der Waals surface area (Å²) < 4.78 is 0. The number of rotatable bonds is 3. The van der Waals surface area contributed by atoms with Gasteiger partial charge in [0.2, 0.25) is 0 Å². The first-order valence-electron chi connectivity index (χ1n) is 7.88. The van der Waals surface area contributed by atoms with Crippen LogP contribution in [0.2, 0.25) is 11.6 Å². The first-order chi connectivity index (χ1) is 8.32. The SMILES string of the molecule is CC(C)C1=CC(C(C)C)[B]C(C)C(C(C)C)CC1. The van der Waals surface area contributed by atoms with Crippen LogP contribution >= 0.6 is 0 Å². The lowest BCUT2D eigenvalue weighted by Crippen LogP contribution is -2.25. The highest BCUT2D eigenvalue weighted by atomic mass is 14.3. The van der Waals surface area contributed by atoms with E-state index in [0.29, 0.717) is 11.7 Å². The Hall–Kier alpha value is -0.195. The Bertz CT molecular complexity index is 275. The minimum atomic E-state index is 0.666. The van der Waals surface area contributed by atoms with Gasteiger partial charge in [-0.05, 0) is 42.3 Å². The van der Waals surface area contributed by atoms with Crippen molar-refractivity contribution in [3.8, 4) is 0 Å². The Balaban J connectivity index is 2.93. The van der Waals surface area contributed by atoms with Crippen molar-refractivity contribution in [1.29, 1.82) is 0 Å². The Kier molecular flexibility index (Phi) is 6.01. The molecule has 0 spiro atoms. The minimum Gasteiger partial charge on any atom is -0.0896 e. The van der Waals surface area contributed by atoms with Crippen LogP contribution in [0.15, 0.2) is 11.6 Å². The molecule has 0 aromatic carbocycles. The molecular formula is C17H32B. The van der Waals surface area contributed by atoms with Crippen LogP contribution in [0, 0.1) is 23.7 Å². The number of hydrogen-bond acceptors (Lipinski definition) is 0. The molecule has 0 aliphatic carbocycles. The van der Waals surface area contributed by atoms with E-state index in [1.807, 2.05) is 0 Å². The molecule has 0 saturated carbocycles. The molecule has 3 unspecified atom stereocenters. The quantitative estimate of drug-likeness (QED) is 0.450. The van der Waals surface area contributed by atoms with Gasteiger partial charge in [-0.2, -0.15) is 0 Å². The van der Waals surface area contributed by atoms with E-state index >= 15 is 0 Å². The summed E-state index contributed by atoms with van der Waals surface area (Å²) in [4.78, 5) is 0. The molecule has 103 valence electrons. The monoisotopic (exact) mass is 247 g/mol. The fourth-order valence-corrected chi connectivity index (χ4v) is 3.31. The predicted octanol–water partition coefficient (Wildman–Crippen LogP) is 5.59. The minimum absolute atomic E-state index is 0.666. The maximum Gasteiger partial charge on any atom is 0.123 e. The lowest BCUT2D eigenvalue weighted by Gasteiger charge is -2.34. The molecular weight excluding hydrogens is 215 g/mol. The molecule has 18 heavy (non-hydrogen) atoms. The molecule has 0 bridgehead atoms. The number of hydrogen-bond donors (Lipinski definition) is 0. The van der Waals surface area contributed by atoms with Gasteiger partial charge in [0.05, 0.1) is 0 Å². The molecule has 1 rings (SSSR count). The topological polar surface area (TPSA) is 0 Å². The predicted molar refractivity (Wildman–Crippen MR) is 84.2 cm³/mol. The Labute approximate surface area is 116 Å². The van der Waals surface area contributed by atoms with E-state index in [9.17, 15) is 0 Å². The van der Waals surface area contributed by atoms with Gasteiger partial charge in [0.25, 0.3) is 0 Å². The van der Waals surface area contributed by atoms with Crippen LogP contribution < -0.4 is 0 Å². The highest BCUT2D eigenvalue weighted by Crippen LogP contribution is 2.39. The summed E-state index contributed by atoms with van der Waals surface area (Å²) in [6, 6.07) is 0. The van der Waals surface area contributed by atoms with Crippen LogP contribution in [0.1, 0.15) is 61.3 Å². The Morgan fingerprint density at radius 2 is 1.67 bits per heavy atom. The van der Waals surface area contributed by atoms with Crippen molar-refractivity contribution < 1.29 is 0 Å². The molecule has 0 saturated heterocycles. The van der Waals surface area contributed by atoms with Crippen LogP contribution in [0.4, 0.5) is 0 Å². The van der Waals surface area contributed by atoms with Gasteiger partial charge in [-0.15, -0.1) is 0 Å². The normalized spacial score (nSPS) is 30.1. The van der Waals surface area contributed by atoms with E-state index < -0.39 is 0 Å².